The fourth-order valence-corrected chi connectivity index (χ4v) is 3.98. The first-order chi connectivity index (χ1) is 14.8. The first kappa shape index (κ1) is 22.4. The predicted octanol–water partition coefficient (Wildman–Crippen LogP) is 2.54. The molecule has 1 aromatic carbocycles. The molecule has 0 bridgehead atoms. The summed E-state index contributed by atoms with van der Waals surface area (Å²) in [6.45, 7) is 3.22. The second-order valence-electron chi connectivity index (χ2n) is 6.26. The standard InChI is InChI=1S/C19H19ClN6O4S/c1-4-30-19(29)14-10(2)15(17(28)21-3)31-18(14)22-13(27)9-26-24-16(23-25-26)11-5-7-12(20)8-6-11/h5-8H,4,9H2,1-3H3,(H,21,28)(H,22,27). The van der Waals surface area contributed by atoms with Gasteiger partial charge in [0, 0.05) is 17.6 Å². The number of nitrogens with zero attached hydrogens (tertiary/aromatic N) is 4. The lowest BCUT2D eigenvalue weighted by atomic mass is 10.1. The summed E-state index contributed by atoms with van der Waals surface area (Å²) in [5.41, 5.74) is 1.28. The van der Waals surface area contributed by atoms with E-state index in [1.165, 1.54) is 7.05 Å². The van der Waals surface area contributed by atoms with Crippen molar-refractivity contribution in [1.29, 1.82) is 0 Å². The lowest BCUT2D eigenvalue weighted by Gasteiger charge is -2.06. The summed E-state index contributed by atoms with van der Waals surface area (Å²) >= 11 is 6.87. The predicted molar refractivity (Wildman–Crippen MR) is 115 cm³/mol. The minimum absolute atomic E-state index is 0.146. The fraction of sp³-hybridized carbons (Fsp3) is 0.263. The van der Waals surface area contributed by atoms with E-state index in [0.29, 0.717) is 26.9 Å². The van der Waals surface area contributed by atoms with Crippen molar-refractivity contribution in [3.63, 3.8) is 0 Å². The lowest BCUT2D eigenvalue weighted by Crippen LogP contribution is -2.21. The second-order valence-corrected chi connectivity index (χ2v) is 7.72. The highest BCUT2D eigenvalue weighted by Crippen LogP contribution is 2.33. The Labute approximate surface area is 186 Å². The molecule has 10 nitrogen and oxygen atoms in total. The third-order valence-corrected chi connectivity index (χ3v) is 5.61. The average Bonchev–Trinajstić information content (AvgIpc) is 3.32. The van der Waals surface area contributed by atoms with Gasteiger partial charge in [-0.15, -0.1) is 21.5 Å². The number of amides is 2. The monoisotopic (exact) mass is 462 g/mol. The zero-order valence-corrected chi connectivity index (χ0v) is 18.5. The smallest absolute Gasteiger partial charge is 0.341 e. The molecule has 2 amide bonds. The maximum Gasteiger partial charge on any atom is 0.341 e. The highest BCUT2D eigenvalue weighted by atomic mass is 35.5. The molecule has 162 valence electrons. The van der Waals surface area contributed by atoms with E-state index in [2.05, 4.69) is 26.0 Å². The first-order valence-electron chi connectivity index (χ1n) is 9.20. The summed E-state index contributed by atoms with van der Waals surface area (Å²) in [5, 5.41) is 18.0. The van der Waals surface area contributed by atoms with Crippen LogP contribution >= 0.6 is 22.9 Å². The number of tetrazole rings is 1. The van der Waals surface area contributed by atoms with Crippen molar-refractivity contribution in [2.24, 2.45) is 0 Å². The highest BCUT2D eigenvalue weighted by Gasteiger charge is 2.26. The van der Waals surface area contributed by atoms with Gasteiger partial charge in [0.25, 0.3) is 5.91 Å². The van der Waals surface area contributed by atoms with Gasteiger partial charge in [-0.25, -0.2) is 4.79 Å². The largest absolute Gasteiger partial charge is 0.462 e. The molecule has 0 aliphatic heterocycles. The van der Waals surface area contributed by atoms with Crippen LogP contribution in [0.25, 0.3) is 11.4 Å². The minimum atomic E-state index is -0.620. The Morgan fingerprint density at radius 3 is 2.58 bits per heavy atom. The number of thiophene rings is 1. The van der Waals surface area contributed by atoms with E-state index < -0.39 is 11.9 Å². The molecule has 0 spiro atoms. The van der Waals surface area contributed by atoms with Gasteiger partial charge in [-0.3, -0.25) is 9.59 Å². The molecule has 2 N–H and O–H groups in total. The van der Waals surface area contributed by atoms with Crippen LogP contribution in [-0.4, -0.2) is 51.6 Å². The molecule has 0 atom stereocenters. The average molecular weight is 463 g/mol. The maximum atomic E-state index is 12.6. The number of carbonyl (C=O) groups is 3. The van der Waals surface area contributed by atoms with Gasteiger partial charge in [0.05, 0.1) is 17.0 Å². The number of hydrogen-bond acceptors (Lipinski definition) is 8. The number of hydrogen-bond donors (Lipinski definition) is 2. The fourth-order valence-electron chi connectivity index (χ4n) is 2.70. The van der Waals surface area contributed by atoms with E-state index in [1.807, 2.05) is 0 Å². The van der Waals surface area contributed by atoms with E-state index in [9.17, 15) is 14.4 Å². The molecule has 0 unspecified atom stereocenters. The zero-order valence-electron chi connectivity index (χ0n) is 16.9. The Bertz CT molecular complexity index is 1130. The van der Waals surface area contributed by atoms with Crippen LogP contribution < -0.4 is 10.6 Å². The summed E-state index contributed by atoms with van der Waals surface area (Å²) in [6.07, 6.45) is 0. The molecule has 3 rings (SSSR count). The van der Waals surface area contributed by atoms with Crippen LogP contribution in [0.4, 0.5) is 5.00 Å². The number of esters is 1. The molecular weight excluding hydrogens is 444 g/mol. The van der Waals surface area contributed by atoms with Crippen LogP contribution in [0.1, 0.15) is 32.5 Å². The third kappa shape index (κ3) is 5.06. The number of carbonyl (C=O) groups excluding carboxylic acids is 3. The minimum Gasteiger partial charge on any atom is -0.462 e. The zero-order chi connectivity index (χ0) is 22.5. The van der Waals surface area contributed by atoms with Crippen LogP contribution in [0, 0.1) is 6.92 Å². The Hall–Kier alpha value is -3.31. The molecule has 0 aliphatic carbocycles. The van der Waals surface area contributed by atoms with Gasteiger partial charge in [-0.05, 0) is 48.9 Å². The summed E-state index contributed by atoms with van der Waals surface area (Å²) < 4.78 is 5.07. The van der Waals surface area contributed by atoms with Crippen LogP contribution in [-0.2, 0) is 16.1 Å². The molecule has 31 heavy (non-hydrogen) atoms. The Balaban J connectivity index is 1.79. The number of rotatable bonds is 7. The number of halogens is 1. The quantitative estimate of drug-likeness (QED) is 0.516. The Morgan fingerprint density at radius 2 is 1.94 bits per heavy atom. The molecule has 0 radical (unpaired) electrons. The SMILES string of the molecule is CCOC(=O)c1c(NC(=O)Cn2nnc(-c3ccc(Cl)cc3)n2)sc(C(=O)NC)c1C. The van der Waals surface area contributed by atoms with E-state index in [4.69, 9.17) is 16.3 Å². The van der Waals surface area contributed by atoms with Gasteiger partial charge in [-0.2, -0.15) is 4.80 Å². The molecule has 0 fully saturated rings. The van der Waals surface area contributed by atoms with Gasteiger partial charge in [-0.1, -0.05) is 11.6 Å². The van der Waals surface area contributed by atoms with Crippen molar-refractivity contribution in [2.45, 2.75) is 20.4 Å². The Morgan fingerprint density at radius 1 is 1.23 bits per heavy atom. The molecule has 0 saturated carbocycles. The molecule has 12 heteroatoms. The normalized spacial score (nSPS) is 10.6. The van der Waals surface area contributed by atoms with Gasteiger partial charge in [0.1, 0.15) is 11.5 Å². The topological polar surface area (TPSA) is 128 Å². The van der Waals surface area contributed by atoms with Crippen LogP contribution in [0.15, 0.2) is 24.3 Å². The number of ether oxygens (including phenoxy) is 1. The van der Waals surface area contributed by atoms with Crippen molar-refractivity contribution >= 4 is 45.7 Å². The van der Waals surface area contributed by atoms with Gasteiger partial charge in [0.15, 0.2) is 0 Å². The summed E-state index contributed by atoms with van der Waals surface area (Å²) in [6, 6.07) is 6.88. The highest BCUT2D eigenvalue weighted by molar-refractivity contribution is 7.18. The van der Waals surface area contributed by atoms with Crippen LogP contribution in [0.5, 0.6) is 0 Å². The summed E-state index contributed by atoms with van der Waals surface area (Å²) in [4.78, 5) is 38.5. The molecule has 0 aliphatic rings. The van der Waals surface area contributed by atoms with Crippen molar-refractivity contribution in [3.8, 4) is 11.4 Å². The van der Waals surface area contributed by atoms with Crippen LogP contribution in [0.3, 0.4) is 0 Å². The third-order valence-electron chi connectivity index (χ3n) is 4.15. The first-order valence-corrected chi connectivity index (χ1v) is 10.4. The van der Waals surface area contributed by atoms with E-state index >= 15 is 0 Å². The number of aromatic nitrogens is 4. The molecular formula is C19H19ClN6O4S. The molecule has 2 aromatic heterocycles. The van der Waals surface area contributed by atoms with Crippen LogP contribution in [0.2, 0.25) is 5.02 Å². The van der Waals surface area contributed by atoms with Crippen molar-refractivity contribution < 1.29 is 19.1 Å². The van der Waals surface area contributed by atoms with E-state index in [0.717, 1.165) is 16.1 Å². The number of benzene rings is 1. The van der Waals surface area contributed by atoms with Crippen molar-refractivity contribution in [1.82, 2.24) is 25.5 Å². The summed E-state index contributed by atoms with van der Waals surface area (Å²) in [7, 11) is 1.48. The van der Waals surface area contributed by atoms with Crippen molar-refractivity contribution in [2.75, 3.05) is 19.0 Å². The van der Waals surface area contributed by atoms with E-state index in [-0.39, 0.29) is 29.6 Å². The van der Waals surface area contributed by atoms with Gasteiger partial charge in [0.2, 0.25) is 11.7 Å². The maximum absolute atomic E-state index is 12.6. The van der Waals surface area contributed by atoms with Crippen molar-refractivity contribution in [3.05, 3.63) is 45.3 Å². The lowest BCUT2D eigenvalue weighted by molar-refractivity contribution is -0.117. The Kier molecular flexibility index (Phi) is 6.98. The van der Waals surface area contributed by atoms with Gasteiger partial charge < -0.3 is 15.4 Å². The number of nitrogens with one attached hydrogen (secondary N) is 2. The van der Waals surface area contributed by atoms with Gasteiger partial charge >= 0.3 is 5.97 Å². The molecule has 0 saturated heterocycles. The number of anilines is 1. The van der Waals surface area contributed by atoms with E-state index in [1.54, 1.807) is 38.1 Å². The second kappa shape index (κ2) is 9.67. The molecule has 2 heterocycles. The summed E-state index contributed by atoms with van der Waals surface area (Å²) in [5.74, 6) is -1.13. The molecule has 3 aromatic rings.